The van der Waals surface area contributed by atoms with E-state index in [9.17, 15) is 18.3 Å². The van der Waals surface area contributed by atoms with Gasteiger partial charge in [-0.1, -0.05) is 6.92 Å². The first-order chi connectivity index (χ1) is 9.68. The molecule has 4 nitrogen and oxygen atoms in total. The van der Waals surface area contributed by atoms with Crippen LogP contribution in [0.5, 0.6) is 0 Å². The zero-order chi connectivity index (χ0) is 15.7. The molecule has 0 aliphatic heterocycles. The number of aromatic nitrogens is 2. The Labute approximate surface area is 125 Å². The summed E-state index contributed by atoms with van der Waals surface area (Å²) in [5.74, 6) is 0.532. The normalized spacial score (nSPS) is 26.7. The fourth-order valence-electron chi connectivity index (χ4n) is 2.38. The molecule has 0 aromatic carbocycles. The Balaban J connectivity index is 2.05. The molecule has 1 heterocycles. The molecule has 21 heavy (non-hydrogen) atoms. The maximum atomic E-state index is 12.6. The quantitative estimate of drug-likeness (QED) is 0.836. The van der Waals surface area contributed by atoms with Gasteiger partial charge in [0.25, 0.3) is 0 Å². The molecule has 1 saturated carbocycles. The molecule has 0 radical (unpaired) electrons. The van der Waals surface area contributed by atoms with E-state index >= 15 is 0 Å². The molecule has 1 aliphatic rings. The van der Waals surface area contributed by atoms with Crippen LogP contribution in [0.2, 0.25) is 5.28 Å². The van der Waals surface area contributed by atoms with Crippen LogP contribution >= 0.6 is 11.6 Å². The molecule has 0 atom stereocenters. The molecule has 8 heteroatoms. The van der Waals surface area contributed by atoms with Gasteiger partial charge in [-0.3, -0.25) is 0 Å². The summed E-state index contributed by atoms with van der Waals surface area (Å²) in [6.07, 6.45) is -1.55. The van der Waals surface area contributed by atoms with Crippen molar-refractivity contribution in [3.8, 4) is 0 Å². The third kappa shape index (κ3) is 4.44. The summed E-state index contributed by atoms with van der Waals surface area (Å²) in [7, 11) is 0. The van der Waals surface area contributed by atoms with Gasteiger partial charge in [-0.15, -0.1) is 0 Å². The number of anilines is 1. The van der Waals surface area contributed by atoms with Crippen molar-refractivity contribution < 1.29 is 18.3 Å². The average Bonchev–Trinajstić information content (AvgIpc) is 2.39. The van der Waals surface area contributed by atoms with Crippen molar-refractivity contribution in [3.63, 3.8) is 0 Å². The first-order valence-electron chi connectivity index (χ1n) is 6.76. The van der Waals surface area contributed by atoms with Gasteiger partial charge >= 0.3 is 6.18 Å². The molecule has 1 fully saturated rings. The van der Waals surface area contributed by atoms with E-state index in [1.807, 2.05) is 0 Å². The second-order valence-electron chi connectivity index (χ2n) is 5.67. The largest absolute Gasteiger partial charge is 0.433 e. The van der Waals surface area contributed by atoms with Crippen molar-refractivity contribution in [2.24, 2.45) is 5.92 Å². The molecular weight excluding hydrogens is 307 g/mol. The number of aliphatic hydroxyl groups is 1. The molecule has 0 unspecified atom stereocenters. The summed E-state index contributed by atoms with van der Waals surface area (Å²) >= 11 is 5.51. The van der Waals surface area contributed by atoms with Crippen LogP contribution in [0.4, 0.5) is 19.0 Å². The van der Waals surface area contributed by atoms with Gasteiger partial charge in [0.2, 0.25) is 5.28 Å². The number of hydrogen-bond acceptors (Lipinski definition) is 4. The summed E-state index contributed by atoms with van der Waals surface area (Å²) in [5, 5.41) is 12.6. The van der Waals surface area contributed by atoms with E-state index < -0.39 is 22.8 Å². The van der Waals surface area contributed by atoms with E-state index in [-0.39, 0.29) is 12.4 Å². The standard InChI is InChI=1S/C13H17ClF3N3O/c1-8-2-4-12(21,5-3-8)7-18-10-6-9(13(15,16)17)19-11(14)20-10/h6,8,21H,2-5,7H2,1H3,(H,18,19,20). The van der Waals surface area contributed by atoms with Crippen LogP contribution in [-0.2, 0) is 6.18 Å². The highest BCUT2D eigenvalue weighted by Gasteiger charge is 2.34. The second kappa shape index (κ2) is 5.96. The van der Waals surface area contributed by atoms with Crippen LogP contribution in [-0.4, -0.2) is 27.2 Å². The Bertz CT molecular complexity index is 502. The first-order valence-corrected chi connectivity index (χ1v) is 7.14. The van der Waals surface area contributed by atoms with E-state index in [0.29, 0.717) is 18.8 Å². The minimum Gasteiger partial charge on any atom is -0.388 e. The Morgan fingerprint density at radius 2 is 2.00 bits per heavy atom. The molecule has 0 saturated heterocycles. The SMILES string of the molecule is CC1CCC(O)(CNc2cc(C(F)(F)F)nc(Cl)n2)CC1. The first kappa shape index (κ1) is 16.3. The molecule has 1 aromatic rings. The van der Waals surface area contributed by atoms with Crippen LogP contribution in [0.15, 0.2) is 6.07 Å². The molecule has 2 N–H and O–H groups in total. The van der Waals surface area contributed by atoms with Crippen molar-refractivity contribution in [1.29, 1.82) is 0 Å². The van der Waals surface area contributed by atoms with Crippen LogP contribution in [0.3, 0.4) is 0 Å². The zero-order valence-electron chi connectivity index (χ0n) is 11.5. The third-order valence-electron chi connectivity index (χ3n) is 3.79. The third-order valence-corrected chi connectivity index (χ3v) is 3.96. The molecule has 118 valence electrons. The maximum absolute atomic E-state index is 12.6. The van der Waals surface area contributed by atoms with Gasteiger partial charge in [0.05, 0.1) is 5.60 Å². The predicted octanol–water partition coefficient (Wildman–Crippen LogP) is 3.50. The highest BCUT2D eigenvalue weighted by Crippen LogP contribution is 2.33. The highest BCUT2D eigenvalue weighted by molar-refractivity contribution is 6.28. The van der Waals surface area contributed by atoms with Gasteiger partial charge < -0.3 is 10.4 Å². The van der Waals surface area contributed by atoms with Crippen molar-refractivity contribution in [3.05, 3.63) is 17.0 Å². The lowest BCUT2D eigenvalue weighted by molar-refractivity contribution is -0.141. The summed E-state index contributed by atoms with van der Waals surface area (Å²) < 4.78 is 37.9. The molecule has 0 spiro atoms. The number of halogens is 4. The van der Waals surface area contributed by atoms with Gasteiger partial charge in [0, 0.05) is 12.6 Å². The molecular formula is C13H17ClF3N3O. The van der Waals surface area contributed by atoms with Gasteiger partial charge in [-0.05, 0) is 43.2 Å². The minimum absolute atomic E-state index is 0.0330. The van der Waals surface area contributed by atoms with E-state index in [2.05, 4.69) is 22.2 Å². The Kier molecular flexibility index (Phi) is 4.63. The van der Waals surface area contributed by atoms with Crippen LogP contribution in [0, 0.1) is 5.92 Å². The van der Waals surface area contributed by atoms with E-state index in [1.54, 1.807) is 0 Å². The molecule has 0 amide bonds. The lowest BCUT2D eigenvalue weighted by Crippen LogP contribution is -2.40. The predicted molar refractivity (Wildman–Crippen MR) is 73.1 cm³/mol. The van der Waals surface area contributed by atoms with Gasteiger partial charge in [-0.2, -0.15) is 13.2 Å². The number of nitrogens with zero attached hydrogens (tertiary/aromatic N) is 2. The monoisotopic (exact) mass is 323 g/mol. The van der Waals surface area contributed by atoms with Crippen molar-refractivity contribution >= 4 is 17.4 Å². The molecule has 2 rings (SSSR count). The highest BCUT2D eigenvalue weighted by atomic mass is 35.5. The van der Waals surface area contributed by atoms with Crippen molar-refractivity contribution in [2.45, 2.75) is 44.4 Å². The van der Waals surface area contributed by atoms with Crippen LogP contribution in [0.25, 0.3) is 0 Å². The minimum atomic E-state index is -4.58. The number of hydrogen-bond donors (Lipinski definition) is 2. The van der Waals surface area contributed by atoms with Crippen molar-refractivity contribution in [2.75, 3.05) is 11.9 Å². The Hall–Kier alpha value is -1.08. The topological polar surface area (TPSA) is 58.0 Å². The van der Waals surface area contributed by atoms with Crippen molar-refractivity contribution in [1.82, 2.24) is 9.97 Å². The fourth-order valence-corrected chi connectivity index (χ4v) is 2.57. The molecule has 0 bridgehead atoms. The average molecular weight is 324 g/mol. The van der Waals surface area contributed by atoms with Gasteiger partial charge in [0.15, 0.2) is 5.69 Å². The van der Waals surface area contributed by atoms with E-state index in [4.69, 9.17) is 11.6 Å². The zero-order valence-corrected chi connectivity index (χ0v) is 12.3. The molecule has 1 aromatic heterocycles. The van der Waals surface area contributed by atoms with E-state index in [0.717, 1.165) is 18.9 Å². The maximum Gasteiger partial charge on any atom is 0.433 e. The lowest BCUT2D eigenvalue weighted by Gasteiger charge is -2.35. The van der Waals surface area contributed by atoms with Crippen LogP contribution in [0.1, 0.15) is 38.3 Å². The summed E-state index contributed by atoms with van der Waals surface area (Å²) in [6, 6.07) is 0.792. The van der Waals surface area contributed by atoms with Gasteiger partial charge in [-0.25, -0.2) is 9.97 Å². The van der Waals surface area contributed by atoms with Crippen LogP contribution < -0.4 is 5.32 Å². The summed E-state index contributed by atoms with van der Waals surface area (Å²) in [5.41, 5.74) is -2.02. The lowest BCUT2D eigenvalue weighted by atomic mass is 9.79. The summed E-state index contributed by atoms with van der Waals surface area (Å²) in [4.78, 5) is 6.86. The smallest absolute Gasteiger partial charge is 0.388 e. The Morgan fingerprint density at radius 3 is 2.57 bits per heavy atom. The second-order valence-corrected chi connectivity index (χ2v) is 6.00. The number of rotatable bonds is 3. The number of nitrogens with one attached hydrogen (secondary N) is 1. The summed E-state index contributed by atoms with van der Waals surface area (Å²) in [6.45, 7) is 2.26. The van der Waals surface area contributed by atoms with E-state index in [1.165, 1.54) is 0 Å². The molecule has 1 aliphatic carbocycles. The van der Waals surface area contributed by atoms with Gasteiger partial charge in [0.1, 0.15) is 5.82 Å². The Morgan fingerprint density at radius 1 is 1.38 bits per heavy atom. The number of alkyl halides is 3. The fraction of sp³-hybridized carbons (Fsp3) is 0.692.